The molecule has 0 amide bonds. The normalized spacial score (nSPS) is 16.1. The molecular formula is C13H24N2O3S2. The lowest BCUT2D eigenvalue weighted by molar-refractivity contribution is 0.136. The minimum atomic E-state index is -3.37. The summed E-state index contributed by atoms with van der Waals surface area (Å²) in [5.41, 5.74) is 0.951. The number of methoxy groups -OCH3 is 1. The van der Waals surface area contributed by atoms with Crippen LogP contribution in [0.2, 0.25) is 0 Å². The number of thiazole rings is 1. The van der Waals surface area contributed by atoms with Crippen LogP contribution in [0, 0.1) is 0 Å². The Morgan fingerprint density at radius 3 is 2.45 bits per heavy atom. The molecule has 7 heteroatoms. The molecule has 0 fully saturated rings. The largest absolute Gasteiger partial charge is 0.381 e. The Kier molecular flexibility index (Phi) is 5.71. The molecule has 1 aromatic heterocycles. The van der Waals surface area contributed by atoms with Gasteiger partial charge in [-0.25, -0.2) is 18.1 Å². The van der Waals surface area contributed by atoms with Crippen molar-refractivity contribution in [2.24, 2.45) is 0 Å². The maximum Gasteiger partial charge on any atom is 0.214 e. The van der Waals surface area contributed by atoms with Crippen molar-refractivity contribution in [1.29, 1.82) is 0 Å². The van der Waals surface area contributed by atoms with Crippen molar-refractivity contribution < 1.29 is 13.2 Å². The van der Waals surface area contributed by atoms with E-state index in [1.807, 2.05) is 5.38 Å². The van der Waals surface area contributed by atoms with Crippen LogP contribution >= 0.6 is 11.3 Å². The maximum atomic E-state index is 12.0. The third kappa shape index (κ3) is 5.12. The number of hydrogen-bond acceptors (Lipinski definition) is 5. The summed E-state index contributed by atoms with van der Waals surface area (Å²) in [4.78, 5) is 4.53. The number of rotatable bonds is 6. The van der Waals surface area contributed by atoms with E-state index in [1.54, 1.807) is 13.8 Å². The van der Waals surface area contributed by atoms with Crippen molar-refractivity contribution in [1.82, 2.24) is 9.71 Å². The highest BCUT2D eigenvalue weighted by Gasteiger charge is 2.23. The number of aromatic nitrogens is 1. The van der Waals surface area contributed by atoms with Crippen LogP contribution in [0.15, 0.2) is 5.38 Å². The summed E-state index contributed by atoms with van der Waals surface area (Å²) < 4.78 is 31.6. The van der Waals surface area contributed by atoms with E-state index in [1.165, 1.54) is 18.4 Å². The lowest BCUT2D eigenvalue weighted by Crippen LogP contribution is -2.33. The van der Waals surface area contributed by atoms with Gasteiger partial charge in [0.1, 0.15) is 5.01 Å². The SMILES string of the molecule is CO[C@H](C)CS(=O)(=O)N[C@H](C)c1nc(C(C)(C)C)cs1. The molecule has 0 aliphatic rings. The van der Waals surface area contributed by atoms with Crippen LogP contribution in [0.25, 0.3) is 0 Å². The number of hydrogen-bond donors (Lipinski definition) is 1. The molecule has 0 aliphatic heterocycles. The van der Waals surface area contributed by atoms with E-state index in [2.05, 4.69) is 30.5 Å². The molecule has 1 aromatic rings. The summed E-state index contributed by atoms with van der Waals surface area (Å²) in [6.07, 6.45) is -0.332. The topological polar surface area (TPSA) is 68.3 Å². The zero-order valence-electron chi connectivity index (χ0n) is 12.9. The molecule has 0 saturated carbocycles. The zero-order valence-corrected chi connectivity index (χ0v) is 14.6. The fraction of sp³-hybridized carbons (Fsp3) is 0.769. The van der Waals surface area contributed by atoms with Crippen LogP contribution < -0.4 is 4.72 Å². The predicted octanol–water partition coefficient (Wildman–Crippen LogP) is 2.46. The molecule has 1 heterocycles. The van der Waals surface area contributed by atoms with Crippen molar-refractivity contribution in [2.45, 2.75) is 52.2 Å². The van der Waals surface area contributed by atoms with E-state index in [-0.39, 0.29) is 23.3 Å². The average molecular weight is 320 g/mol. The Bertz CT molecular complexity index is 532. The molecule has 0 radical (unpaired) electrons. The third-order valence-electron chi connectivity index (χ3n) is 2.87. The Morgan fingerprint density at radius 1 is 1.40 bits per heavy atom. The van der Waals surface area contributed by atoms with E-state index in [4.69, 9.17) is 4.74 Å². The van der Waals surface area contributed by atoms with Gasteiger partial charge in [-0.1, -0.05) is 20.8 Å². The summed E-state index contributed by atoms with van der Waals surface area (Å²) in [7, 11) is -1.87. The first-order chi connectivity index (χ1) is 9.05. The molecule has 1 N–H and O–H groups in total. The number of ether oxygens (including phenoxy) is 1. The number of sulfonamides is 1. The molecule has 0 spiro atoms. The summed E-state index contributed by atoms with van der Waals surface area (Å²) in [5, 5.41) is 2.77. The van der Waals surface area contributed by atoms with E-state index in [9.17, 15) is 8.42 Å². The molecule has 1 rings (SSSR count). The lowest BCUT2D eigenvalue weighted by Gasteiger charge is -2.16. The molecule has 2 atom stereocenters. The van der Waals surface area contributed by atoms with Crippen LogP contribution in [0.3, 0.4) is 0 Å². The molecule has 0 aliphatic carbocycles. The van der Waals surface area contributed by atoms with Crippen LogP contribution in [0.1, 0.15) is 51.4 Å². The van der Waals surface area contributed by atoms with Gasteiger partial charge in [0, 0.05) is 17.9 Å². The molecule has 116 valence electrons. The summed E-state index contributed by atoms with van der Waals surface area (Å²) >= 11 is 1.48. The summed E-state index contributed by atoms with van der Waals surface area (Å²) in [6.45, 7) is 9.79. The van der Waals surface area contributed by atoms with Crippen LogP contribution in [0.4, 0.5) is 0 Å². The van der Waals surface area contributed by atoms with Gasteiger partial charge in [0.05, 0.1) is 23.6 Å². The quantitative estimate of drug-likeness (QED) is 0.874. The first-order valence-electron chi connectivity index (χ1n) is 6.54. The Morgan fingerprint density at radius 2 is 2.00 bits per heavy atom. The van der Waals surface area contributed by atoms with Gasteiger partial charge >= 0.3 is 0 Å². The molecule has 0 saturated heterocycles. The fourth-order valence-electron chi connectivity index (χ4n) is 1.58. The zero-order chi connectivity index (χ0) is 15.6. The standard InChI is InChI=1S/C13H24N2O3S2/c1-9(18-6)8-20(16,17)15-10(2)12-14-11(7-19-12)13(3,4)5/h7,9-10,15H,8H2,1-6H3/t9-,10-/m1/s1. The monoisotopic (exact) mass is 320 g/mol. The van der Waals surface area contributed by atoms with Crippen LogP contribution in [-0.2, 0) is 20.2 Å². The van der Waals surface area contributed by atoms with E-state index in [0.717, 1.165) is 10.7 Å². The predicted molar refractivity (Wildman–Crippen MR) is 82.6 cm³/mol. The first-order valence-corrected chi connectivity index (χ1v) is 9.07. The van der Waals surface area contributed by atoms with E-state index in [0.29, 0.717) is 0 Å². The van der Waals surface area contributed by atoms with Crippen LogP contribution in [-0.4, -0.2) is 32.4 Å². The van der Waals surface area contributed by atoms with Gasteiger partial charge in [-0.3, -0.25) is 0 Å². The third-order valence-corrected chi connectivity index (χ3v) is 5.52. The smallest absolute Gasteiger partial charge is 0.214 e. The van der Waals surface area contributed by atoms with Crippen molar-refractivity contribution >= 4 is 21.4 Å². The van der Waals surface area contributed by atoms with Crippen LogP contribution in [0.5, 0.6) is 0 Å². The van der Waals surface area contributed by atoms with Gasteiger partial charge in [-0.05, 0) is 13.8 Å². The minimum absolute atomic E-state index is 0.0299. The highest BCUT2D eigenvalue weighted by atomic mass is 32.2. The Labute approximate surface area is 125 Å². The Balaban J connectivity index is 2.76. The fourth-order valence-corrected chi connectivity index (χ4v) is 4.20. The van der Waals surface area contributed by atoms with Crippen molar-refractivity contribution in [3.05, 3.63) is 16.1 Å². The maximum absolute atomic E-state index is 12.0. The summed E-state index contributed by atoms with van der Waals surface area (Å²) in [5.74, 6) is -0.0503. The van der Waals surface area contributed by atoms with Gasteiger partial charge in [0.2, 0.25) is 10.0 Å². The summed E-state index contributed by atoms with van der Waals surface area (Å²) in [6, 6.07) is -0.329. The molecule has 0 bridgehead atoms. The Hall–Kier alpha value is -0.500. The number of nitrogens with one attached hydrogen (secondary N) is 1. The molecular weight excluding hydrogens is 296 g/mol. The van der Waals surface area contributed by atoms with Gasteiger partial charge in [0.25, 0.3) is 0 Å². The van der Waals surface area contributed by atoms with Crippen molar-refractivity contribution in [3.63, 3.8) is 0 Å². The number of nitrogens with zero attached hydrogens (tertiary/aromatic N) is 1. The van der Waals surface area contributed by atoms with Gasteiger partial charge in [-0.2, -0.15) is 0 Å². The lowest BCUT2D eigenvalue weighted by atomic mass is 9.93. The second-order valence-corrected chi connectivity index (χ2v) is 8.68. The van der Waals surface area contributed by atoms with Gasteiger partial charge in [-0.15, -0.1) is 11.3 Å². The molecule has 20 heavy (non-hydrogen) atoms. The second-order valence-electron chi connectivity index (χ2n) is 5.99. The second kappa shape index (κ2) is 6.51. The minimum Gasteiger partial charge on any atom is -0.381 e. The average Bonchev–Trinajstić information content (AvgIpc) is 2.76. The van der Waals surface area contributed by atoms with Gasteiger partial charge < -0.3 is 4.74 Å². The van der Waals surface area contributed by atoms with E-state index < -0.39 is 10.0 Å². The molecule has 0 unspecified atom stereocenters. The van der Waals surface area contributed by atoms with Crippen molar-refractivity contribution in [2.75, 3.05) is 12.9 Å². The molecule has 5 nitrogen and oxygen atoms in total. The van der Waals surface area contributed by atoms with E-state index >= 15 is 0 Å². The van der Waals surface area contributed by atoms with Gasteiger partial charge in [0.15, 0.2) is 0 Å². The first kappa shape index (κ1) is 17.6. The highest BCUT2D eigenvalue weighted by molar-refractivity contribution is 7.89. The molecule has 0 aromatic carbocycles. The highest BCUT2D eigenvalue weighted by Crippen LogP contribution is 2.27. The van der Waals surface area contributed by atoms with Crippen molar-refractivity contribution in [3.8, 4) is 0 Å².